The fourth-order valence-electron chi connectivity index (χ4n) is 11.5. The van der Waals surface area contributed by atoms with Crippen molar-refractivity contribution in [2.45, 2.75) is 31.6 Å². The highest BCUT2D eigenvalue weighted by molar-refractivity contribution is 6.17. The molecule has 290 valence electrons. The van der Waals surface area contributed by atoms with E-state index in [2.05, 4.69) is 237 Å². The molecule has 1 spiro atoms. The van der Waals surface area contributed by atoms with Gasteiger partial charge < -0.3 is 9.47 Å². The van der Waals surface area contributed by atoms with Gasteiger partial charge in [-0.2, -0.15) is 0 Å². The van der Waals surface area contributed by atoms with Crippen LogP contribution in [0.2, 0.25) is 0 Å². The van der Waals surface area contributed by atoms with E-state index in [1.807, 2.05) is 0 Å². The van der Waals surface area contributed by atoms with Gasteiger partial charge in [0.2, 0.25) is 0 Å². The second-order valence-electron chi connectivity index (χ2n) is 17.2. The molecule has 0 N–H and O–H groups in total. The maximum absolute atomic E-state index is 4.50. The van der Waals surface area contributed by atoms with Crippen LogP contribution >= 0.6 is 0 Å². The quantitative estimate of drug-likeness (QED) is 0.163. The van der Waals surface area contributed by atoms with Crippen LogP contribution in [0.15, 0.2) is 212 Å². The Balaban J connectivity index is 1.23. The fraction of sp³-hybridized carbons (Fsp3) is 0.0847. The minimum absolute atomic E-state index is 0.178. The van der Waals surface area contributed by atoms with Crippen LogP contribution in [0.4, 0.5) is 17.1 Å². The smallest absolute Gasteiger partial charge is 0.0746 e. The van der Waals surface area contributed by atoms with Gasteiger partial charge in [-0.15, -0.1) is 0 Å². The van der Waals surface area contributed by atoms with Crippen LogP contribution in [-0.4, -0.2) is 4.57 Å². The summed E-state index contributed by atoms with van der Waals surface area (Å²) in [5.41, 5.74) is 21.6. The van der Waals surface area contributed by atoms with Crippen LogP contribution in [0.5, 0.6) is 0 Å². The second kappa shape index (κ2) is 13.0. The van der Waals surface area contributed by atoms with Crippen LogP contribution in [0.3, 0.4) is 0 Å². The number of allylic oxidation sites excluding steroid dienone is 5. The number of benzene rings is 8. The largest absolute Gasteiger partial charge is 0.309 e. The molecule has 12 rings (SSSR count). The number of nitrogens with zero attached hydrogens (tertiary/aromatic N) is 2. The molecule has 0 fully saturated rings. The molecule has 0 unspecified atom stereocenters. The number of para-hydroxylation sites is 2. The molecule has 0 radical (unpaired) electrons. The number of aromatic nitrogens is 1. The Labute approximate surface area is 357 Å². The Bertz CT molecular complexity index is 3330. The molecule has 2 heteroatoms. The fourth-order valence-corrected chi connectivity index (χ4v) is 11.5. The molecule has 0 saturated carbocycles. The first-order valence-electron chi connectivity index (χ1n) is 21.4. The summed E-state index contributed by atoms with van der Waals surface area (Å²) in [5.74, 6) is 0. The monoisotopic (exact) mass is 780 g/mol. The van der Waals surface area contributed by atoms with Crippen molar-refractivity contribution in [2.24, 2.45) is 0 Å². The summed E-state index contributed by atoms with van der Waals surface area (Å²) in [6.07, 6.45) is 6.63. The molecule has 9 aromatic rings. The Hall–Kier alpha value is -7.42. The van der Waals surface area contributed by atoms with E-state index in [4.69, 9.17) is 0 Å². The van der Waals surface area contributed by atoms with Gasteiger partial charge in [-0.05, 0) is 117 Å². The zero-order chi connectivity index (χ0) is 41.0. The van der Waals surface area contributed by atoms with Crippen LogP contribution in [0.25, 0.3) is 55.3 Å². The lowest BCUT2D eigenvalue weighted by atomic mass is 9.68. The standard InChI is InChI=1S/C59H44N2/c1-5-20-48-40(6-2)45-27-18-34-55(57(45)59(48)49-29-15-11-24-42(49)43-25-12-16-30-50(43)59)61(39-35-36-44-41-23-10-14-28-47(41)58(3,4)51(44)37-39)54-33-19-32-53-56(54)46-26-13-17-31-52(46)60(53)38-21-8-7-9-22-38/h5-37H,2H2,1,3-4H3/b20-5-. The minimum Gasteiger partial charge on any atom is -0.309 e. The molecular weight excluding hydrogens is 737 g/mol. The highest BCUT2D eigenvalue weighted by atomic mass is 15.2. The molecule has 61 heavy (non-hydrogen) atoms. The van der Waals surface area contributed by atoms with E-state index in [9.17, 15) is 0 Å². The second-order valence-corrected chi connectivity index (χ2v) is 17.2. The van der Waals surface area contributed by atoms with Crippen molar-refractivity contribution in [2.75, 3.05) is 4.90 Å². The number of rotatable bonds is 6. The van der Waals surface area contributed by atoms with Gasteiger partial charge in [0, 0.05) is 33.1 Å². The molecule has 0 saturated heterocycles. The molecule has 1 heterocycles. The van der Waals surface area contributed by atoms with Crippen molar-refractivity contribution in [1.82, 2.24) is 4.57 Å². The summed E-state index contributed by atoms with van der Waals surface area (Å²) in [6, 6.07) is 67.8. The molecule has 0 atom stereocenters. The number of fused-ring (bicyclic) bond motifs is 13. The summed E-state index contributed by atoms with van der Waals surface area (Å²) >= 11 is 0. The van der Waals surface area contributed by atoms with E-state index in [-0.39, 0.29) is 5.41 Å². The first-order valence-corrected chi connectivity index (χ1v) is 21.4. The summed E-state index contributed by atoms with van der Waals surface area (Å²) < 4.78 is 2.43. The normalized spacial score (nSPS) is 15.0. The highest BCUT2D eigenvalue weighted by Gasteiger charge is 2.53. The highest BCUT2D eigenvalue weighted by Crippen LogP contribution is 2.65. The molecule has 3 aliphatic rings. The first-order chi connectivity index (χ1) is 30.0. The van der Waals surface area contributed by atoms with Gasteiger partial charge in [-0.1, -0.05) is 172 Å². The average molecular weight is 781 g/mol. The van der Waals surface area contributed by atoms with E-state index in [0.29, 0.717) is 0 Å². The van der Waals surface area contributed by atoms with Crippen LogP contribution in [0, 0.1) is 0 Å². The van der Waals surface area contributed by atoms with E-state index in [0.717, 1.165) is 22.7 Å². The van der Waals surface area contributed by atoms with Gasteiger partial charge in [0.15, 0.2) is 0 Å². The van der Waals surface area contributed by atoms with Crippen molar-refractivity contribution in [3.05, 3.63) is 246 Å². The number of hydrogen-bond acceptors (Lipinski definition) is 1. The molecule has 3 aliphatic carbocycles. The third-order valence-corrected chi connectivity index (χ3v) is 13.9. The predicted octanol–water partition coefficient (Wildman–Crippen LogP) is 15.4. The Kier molecular flexibility index (Phi) is 7.59. The molecule has 0 aliphatic heterocycles. The predicted molar refractivity (Wildman–Crippen MR) is 257 cm³/mol. The third-order valence-electron chi connectivity index (χ3n) is 13.9. The third kappa shape index (κ3) is 4.62. The Morgan fingerprint density at radius 3 is 1.82 bits per heavy atom. The van der Waals surface area contributed by atoms with E-state index >= 15 is 0 Å². The average Bonchev–Trinajstić information content (AvgIpc) is 3.97. The lowest BCUT2D eigenvalue weighted by molar-refractivity contribution is 0.660. The lowest BCUT2D eigenvalue weighted by Crippen LogP contribution is -2.29. The van der Waals surface area contributed by atoms with Gasteiger partial charge in [0.05, 0.1) is 27.8 Å². The summed E-state index contributed by atoms with van der Waals surface area (Å²) in [4.78, 5) is 2.59. The number of anilines is 3. The molecule has 8 aromatic carbocycles. The number of hydrogen-bond donors (Lipinski definition) is 0. The molecular formula is C59H44N2. The van der Waals surface area contributed by atoms with E-state index in [1.165, 1.54) is 88.6 Å². The van der Waals surface area contributed by atoms with Crippen LogP contribution in [0.1, 0.15) is 54.2 Å². The van der Waals surface area contributed by atoms with Gasteiger partial charge in [0.1, 0.15) is 0 Å². The van der Waals surface area contributed by atoms with Crippen LogP contribution < -0.4 is 4.90 Å². The summed E-state index contributed by atoms with van der Waals surface area (Å²) in [5, 5.41) is 2.43. The van der Waals surface area contributed by atoms with Crippen molar-refractivity contribution in [3.8, 4) is 27.9 Å². The van der Waals surface area contributed by atoms with E-state index in [1.54, 1.807) is 0 Å². The van der Waals surface area contributed by atoms with Gasteiger partial charge >= 0.3 is 0 Å². The van der Waals surface area contributed by atoms with Gasteiger partial charge in [-0.25, -0.2) is 0 Å². The van der Waals surface area contributed by atoms with E-state index < -0.39 is 5.41 Å². The Morgan fingerprint density at radius 1 is 0.525 bits per heavy atom. The zero-order valence-corrected chi connectivity index (χ0v) is 34.7. The topological polar surface area (TPSA) is 8.17 Å². The van der Waals surface area contributed by atoms with Crippen molar-refractivity contribution in [1.29, 1.82) is 0 Å². The molecule has 0 amide bonds. The van der Waals surface area contributed by atoms with Crippen LogP contribution in [-0.2, 0) is 10.8 Å². The molecule has 0 bridgehead atoms. The van der Waals surface area contributed by atoms with Crippen molar-refractivity contribution in [3.63, 3.8) is 0 Å². The van der Waals surface area contributed by atoms with Gasteiger partial charge in [-0.3, -0.25) is 0 Å². The summed E-state index contributed by atoms with van der Waals surface area (Å²) in [6.45, 7) is 11.4. The molecule has 1 aromatic heterocycles. The maximum Gasteiger partial charge on any atom is 0.0746 e. The molecule has 2 nitrogen and oxygen atoms in total. The zero-order valence-electron chi connectivity index (χ0n) is 34.7. The SMILES string of the molecule is C=CC1=C(/C=C\C)C2(c3ccccc3-c3ccccc32)c2c1cccc2N(c1ccc2c(c1)C(C)(C)c1ccccc1-2)c1cccc2c1c1ccccc1n2-c1ccccc1. The lowest BCUT2D eigenvalue weighted by Gasteiger charge is -2.37. The Morgan fingerprint density at radius 2 is 1.10 bits per heavy atom. The van der Waals surface area contributed by atoms with Gasteiger partial charge in [0.25, 0.3) is 0 Å². The first kappa shape index (κ1) is 35.5. The van der Waals surface area contributed by atoms with Crippen molar-refractivity contribution < 1.29 is 0 Å². The summed E-state index contributed by atoms with van der Waals surface area (Å²) in [7, 11) is 0. The minimum atomic E-state index is -0.592. The van der Waals surface area contributed by atoms with Crippen molar-refractivity contribution >= 4 is 44.4 Å². The maximum atomic E-state index is 4.50.